The maximum absolute atomic E-state index is 14.0. The molecule has 0 spiro atoms. The van der Waals surface area contributed by atoms with Gasteiger partial charge in [-0.15, -0.1) is 0 Å². The van der Waals surface area contributed by atoms with Crippen LogP contribution in [0.4, 0.5) is 14.5 Å². The number of carbonyl (C=O) groups excluding carboxylic acids is 2. The molecule has 0 saturated carbocycles. The molecular weight excluding hydrogens is 338 g/mol. The summed E-state index contributed by atoms with van der Waals surface area (Å²) in [6.07, 6.45) is -0.0438. The lowest BCUT2D eigenvalue weighted by molar-refractivity contribution is -0.136. The lowest BCUT2D eigenvalue weighted by atomic mass is 10.1. The Bertz CT molecular complexity index is 790. The average molecular weight is 358 g/mol. The van der Waals surface area contributed by atoms with E-state index in [1.807, 2.05) is 37.3 Å². The van der Waals surface area contributed by atoms with E-state index in [0.717, 1.165) is 22.6 Å². The minimum atomic E-state index is -0.803. The zero-order valence-electron chi connectivity index (χ0n) is 14.5. The SMILES string of the molecule is CCN(Cc1ccccc1)C(=O)C1CC(=O)N(c2c(F)cccc2F)C1. The van der Waals surface area contributed by atoms with Gasteiger partial charge in [-0.2, -0.15) is 0 Å². The first-order valence-electron chi connectivity index (χ1n) is 8.58. The Balaban J connectivity index is 1.76. The molecule has 1 saturated heterocycles. The number of carbonyl (C=O) groups is 2. The van der Waals surface area contributed by atoms with Crippen molar-refractivity contribution < 1.29 is 18.4 Å². The van der Waals surface area contributed by atoms with Gasteiger partial charge in [-0.3, -0.25) is 9.59 Å². The van der Waals surface area contributed by atoms with Crippen molar-refractivity contribution in [2.24, 2.45) is 5.92 Å². The second-order valence-corrected chi connectivity index (χ2v) is 6.31. The second kappa shape index (κ2) is 7.64. The van der Waals surface area contributed by atoms with E-state index in [1.165, 1.54) is 6.07 Å². The fourth-order valence-corrected chi connectivity index (χ4v) is 3.24. The third-order valence-electron chi connectivity index (χ3n) is 4.59. The van der Waals surface area contributed by atoms with E-state index in [1.54, 1.807) is 4.90 Å². The first-order valence-corrected chi connectivity index (χ1v) is 8.58. The molecule has 1 unspecified atom stereocenters. The van der Waals surface area contributed by atoms with Gasteiger partial charge in [0.1, 0.15) is 17.3 Å². The van der Waals surface area contributed by atoms with E-state index >= 15 is 0 Å². The van der Waals surface area contributed by atoms with Gasteiger partial charge in [0.25, 0.3) is 0 Å². The topological polar surface area (TPSA) is 40.6 Å². The molecule has 4 nitrogen and oxygen atoms in total. The molecule has 136 valence electrons. The van der Waals surface area contributed by atoms with Gasteiger partial charge in [0.2, 0.25) is 11.8 Å². The van der Waals surface area contributed by atoms with Crippen molar-refractivity contribution in [2.45, 2.75) is 19.9 Å². The van der Waals surface area contributed by atoms with E-state index in [9.17, 15) is 18.4 Å². The molecule has 0 radical (unpaired) electrons. The Labute approximate surface area is 151 Å². The Morgan fingerprint density at radius 2 is 1.77 bits per heavy atom. The number of anilines is 1. The van der Waals surface area contributed by atoms with Crippen molar-refractivity contribution in [3.05, 3.63) is 65.7 Å². The van der Waals surface area contributed by atoms with Crippen LogP contribution < -0.4 is 4.90 Å². The molecule has 2 amide bonds. The quantitative estimate of drug-likeness (QED) is 0.822. The molecule has 0 N–H and O–H groups in total. The Morgan fingerprint density at radius 3 is 2.38 bits per heavy atom. The molecule has 0 bridgehead atoms. The highest BCUT2D eigenvalue weighted by Crippen LogP contribution is 2.30. The predicted molar refractivity (Wildman–Crippen MR) is 94.4 cm³/mol. The summed E-state index contributed by atoms with van der Waals surface area (Å²) in [4.78, 5) is 27.8. The Hall–Kier alpha value is -2.76. The highest BCUT2D eigenvalue weighted by atomic mass is 19.1. The van der Waals surface area contributed by atoms with Gasteiger partial charge in [-0.05, 0) is 24.6 Å². The van der Waals surface area contributed by atoms with E-state index < -0.39 is 23.5 Å². The maximum atomic E-state index is 14.0. The number of benzene rings is 2. The lowest BCUT2D eigenvalue weighted by Gasteiger charge is -2.24. The molecule has 6 heteroatoms. The van der Waals surface area contributed by atoms with Gasteiger partial charge in [0, 0.05) is 26.1 Å². The number of nitrogens with zero attached hydrogens (tertiary/aromatic N) is 2. The van der Waals surface area contributed by atoms with Crippen LogP contribution in [0.15, 0.2) is 48.5 Å². The Morgan fingerprint density at radius 1 is 1.12 bits per heavy atom. The molecule has 2 aromatic rings. The fraction of sp³-hybridized carbons (Fsp3) is 0.300. The smallest absolute Gasteiger partial charge is 0.228 e. The van der Waals surface area contributed by atoms with Crippen molar-refractivity contribution in [1.82, 2.24) is 4.90 Å². The molecule has 1 atom stereocenters. The molecule has 3 rings (SSSR count). The van der Waals surface area contributed by atoms with E-state index in [-0.39, 0.29) is 24.6 Å². The van der Waals surface area contributed by atoms with Crippen molar-refractivity contribution in [3.63, 3.8) is 0 Å². The van der Waals surface area contributed by atoms with Crippen LogP contribution in [0.2, 0.25) is 0 Å². The highest BCUT2D eigenvalue weighted by Gasteiger charge is 2.38. The first kappa shape index (κ1) is 18.0. The van der Waals surface area contributed by atoms with Crippen LogP contribution in [0.5, 0.6) is 0 Å². The zero-order valence-corrected chi connectivity index (χ0v) is 14.5. The largest absolute Gasteiger partial charge is 0.338 e. The lowest BCUT2D eigenvalue weighted by Crippen LogP contribution is -2.37. The van der Waals surface area contributed by atoms with Crippen molar-refractivity contribution in [1.29, 1.82) is 0 Å². The summed E-state index contributed by atoms with van der Waals surface area (Å²) in [6.45, 7) is 2.79. The third-order valence-corrected chi connectivity index (χ3v) is 4.59. The number of halogens is 2. The van der Waals surface area contributed by atoms with Crippen LogP contribution in [0, 0.1) is 17.6 Å². The molecular formula is C20H20F2N2O2. The van der Waals surface area contributed by atoms with E-state index in [2.05, 4.69) is 0 Å². The molecule has 1 aliphatic heterocycles. The summed E-state index contributed by atoms with van der Waals surface area (Å²) in [6, 6.07) is 13.0. The molecule has 0 aromatic heterocycles. The van der Waals surface area contributed by atoms with Gasteiger partial charge in [-0.1, -0.05) is 36.4 Å². The predicted octanol–water partition coefficient (Wildman–Crippen LogP) is 3.37. The first-order chi connectivity index (χ1) is 12.5. The van der Waals surface area contributed by atoms with Gasteiger partial charge in [0.15, 0.2) is 0 Å². The number of para-hydroxylation sites is 1. The van der Waals surface area contributed by atoms with E-state index in [0.29, 0.717) is 13.1 Å². The second-order valence-electron chi connectivity index (χ2n) is 6.31. The Kier molecular flexibility index (Phi) is 5.30. The van der Waals surface area contributed by atoms with E-state index in [4.69, 9.17) is 0 Å². The van der Waals surface area contributed by atoms with Crippen LogP contribution in [-0.2, 0) is 16.1 Å². The summed E-state index contributed by atoms with van der Waals surface area (Å²) >= 11 is 0. The van der Waals surface area contributed by atoms with Crippen LogP contribution in [0.25, 0.3) is 0 Å². The number of rotatable bonds is 5. The molecule has 1 fully saturated rings. The normalized spacial score (nSPS) is 16.8. The highest BCUT2D eigenvalue weighted by molar-refractivity contribution is 6.00. The van der Waals surface area contributed by atoms with Crippen LogP contribution in [-0.4, -0.2) is 29.8 Å². The third kappa shape index (κ3) is 3.59. The molecule has 2 aromatic carbocycles. The maximum Gasteiger partial charge on any atom is 0.228 e. The molecule has 0 aliphatic carbocycles. The molecule has 26 heavy (non-hydrogen) atoms. The van der Waals surface area contributed by atoms with Gasteiger partial charge in [0.05, 0.1) is 5.92 Å². The summed E-state index contributed by atoms with van der Waals surface area (Å²) in [5.74, 6) is -2.83. The van der Waals surface area contributed by atoms with Crippen molar-refractivity contribution in [2.75, 3.05) is 18.0 Å². The minimum absolute atomic E-state index is 0.0131. The summed E-state index contributed by atoms with van der Waals surface area (Å²) < 4.78 is 28.0. The fourth-order valence-electron chi connectivity index (χ4n) is 3.24. The van der Waals surface area contributed by atoms with Crippen molar-refractivity contribution >= 4 is 17.5 Å². The molecule has 1 aliphatic rings. The number of hydrogen-bond acceptors (Lipinski definition) is 2. The van der Waals surface area contributed by atoms with Gasteiger partial charge < -0.3 is 9.80 Å². The number of amides is 2. The van der Waals surface area contributed by atoms with Crippen molar-refractivity contribution in [3.8, 4) is 0 Å². The zero-order chi connectivity index (χ0) is 18.7. The van der Waals surface area contributed by atoms with Crippen LogP contribution in [0.1, 0.15) is 18.9 Å². The monoisotopic (exact) mass is 358 g/mol. The summed E-state index contributed by atoms with van der Waals surface area (Å²) in [5, 5.41) is 0. The minimum Gasteiger partial charge on any atom is -0.338 e. The average Bonchev–Trinajstić information content (AvgIpc) is 3.01. The number of hydrogen-bond donors (Lipinski definition) is 0. The van der Waals surface area contributed by atoms with Gasteiger partial charge >= 0.3 is 0 Å². The van der Waals surface area contributed by atoms with Crippen LogP contribution >= 0.6 is 0 Å². The molecule has 1 heterocycles. The van der Waals surface area contributed by atoms with Crippen LogP contribution in [0.3, 0.4) is 0 Å². The van der Waals surface area contributed by atoms with Gasteiger partial charge in [-0.25, -0.2) is 8.78 Å². The standard InChI is InChI=1S/C20H20F2N2O2/c1-2-23(12-14-7-4-3-5-8-14)20(26)15-11-18(25)24(13-15)19-16(21)9-6-10-17(19)22/h3-10,15H,2,11-13H2,1H3. The summed E-state index contributed by atoms with van der Waals surface area (Å²) in [7, 11) is 0. The summed E-state index contributed by atoms with van der Waals surface area (Å²) in [5.41, 5.74) is 0.614.